The fourth-order valence-corrected chi connectivity index (χ4v) is 1.43. The molecular weight excluding hydrogens is 192 g/mol. The molecular formula is C7H10N2O3S. The van der Waals surface area contributed by atoms with E-state index in [9.17, 15) is 9.90 Å². The number of hydrogen-bond acceptors (Lipinski definition) is 4. The van der Waals surface area contributed by atoms with Crippen LogP contribution in [0.15, 0.2) is 17.6 Å². The highest BCUT2D eigenvalue weighted by Crippen LogP contribution is 2.18. The molecule has 0 aromatic carbocycles. The summed E-state index contributed by atoms with van der Waals surface area (Å²) in [4.78, 5) is 17.2. The Kier molecular flexibility index (Phi) is 2.94. The molecule has 1 unspecified atom stereocenters. The molecule has 0 bridgehead atoms. The van der Waals surface area contributed by atoms with Gasteiger partial charge in [0.15, 0.2) is 10.8 Å². The molecule has 1 aromatic heterocycles. The van der Waals surface area contributed by atoms with E-state index in [1.807, 2.05) is 0 Å². The molecule has 0 fully saturated rings. The first-order valence-corrected chi connectivity index (χ1v) is 4.59. The Morgan fingerprint density at radius 1 is 1.85 bits per heavy atom. The summed E-state index contributed by atoms with van der Waals surface area (Å²) in [5, 5.41) is 18.5. The average Bonchev–Trinajstić information content (AvgIpc) is 2.52. The maximum absolute atomic E-state index is 10.5. The normalized spacial score (nSPS) is 15.2. The van der Waals surface area contributed by atoms with Crippen LogP contribution in [0.3, 0.4) is 0 Å². The molecule has 0 aliphatic carbocycles. The lowest BCUT2D eigenvalue weighted by Gasteiger charge is -2.15. The van der Waals surface area contributed by atoms with E-state index in [4.69, 9.17) is 5.11 Å². The van der Waals surface area contributed by atoms with E-state index < -0.39 is 11.6 Å². The van der Waals surface area contributed by atoms with E-state index in [0.29, 0.717) is 5.16 Å². The number of aromatic nitrogens is 2. The Balaban J connectivity index is 2.47. The van der Waals surface area contributed by atoms with Crippen LogP contribution in [0.4, 0.5) is 0 Å². The first-order chi connectivity index (χ1) is 6.02. The molecule has 72 valence electrons. The predicted molar refractivity (Wildman–Crippen MR) is 47.6 cm³/mol. The molecule has 0 saturated carbocycles. The van der Waals surface area contributed by atoms with Gasteiger partial charge in [0.25, 0.3) is 0 Å². The van der Waals surface area contributed by atoms with Crippen molar-refractivity contribution in [3.8, 4) is 0 Å². The van der Waals surface area contributed by atoms with Gasteiger partial charge in [-0.15, -0.1) is 0 Å². The molecule has 13 heavy (non-hydrogen) atoms. The van der Waals surface area contributed by atoms with Crippen LogP contribution in [0.2, 0.25) is 0 Å². The van der Waals surface area contributed by atoms with Crippen molar-refractivity contribution in [2.45, 2.75) is 17.7 Å². The number of hydrogen-bond donors (Lipinski definition) is 3. The fourth-order valence-electron chi connectivity index (χ4n) is 0.600. The van der Waals surface area contributed by atoms with E-state index in [-0.39, 0.29) is 5.75 Å². The number of rotatable bonds is 4. The Morgan fingerprint density at radius 2 is 2.54 bits per heavy atom. The second-order valence-corrected chi connectivity index (χ2v) is 3.73. The number of H-pyrrole nitrogens is 1. The Labute approximate surface area is 79.2 Å². The second kappa shape index (κ2) is 3.80. The highest BCUT2D eigenvalue weighted by atomic mass is 32.2. The van der Waals surface area contributed by atoms with E-state index in [2.05, 4.69) is 9.97 Å². The summed E-state index contributed by atoms with van der Waals surface area (Å²) in [5.41, 5.74) is -1.71. The topological polar surface area (TPSA) is 86.2 Å². The lowest BCUT2D eigenvalue weighted by Crippen LogP contribution is -2.37. The maximum atomic E-state index is 10.5. The standard InChI is InChI=1S/C7H10N2O3S/c1-7(12,5(10)11)4-13-6-8-2-3-9-6/h2-3,12H,4H2,1H3,(H,8,9)(H,10,11). The highest BCUT2D eigenvalue weighted by Gasteiger charge is 2.30. The van der Waals surface area contributed by atoms with Crippen molar-refractivity contribution in [1.82, 2.24) is 9.97 Å². The van der Waals surface area contributed by atoms with Crippen LogP contribution in [-0.4, -0.2) is 37.5 Å². The predicted octanol–water partition coefficient (Wildman–Crippen LogP) is 0.337. The molecule has 6 heteroatoms. The van der Waals surface area contributed by atoms with Gasteiger partial charge in [-0.25, -0.2) is 9.78 Å². The number of imidazole rings is 1. The summed E-state index contributed by atoms with van der Waals surface area (Å²) in [5.74, 6) is -1.16. The smallest absolute Gasteiger partial charge is 0.336 e. The number of nitrogens with zero attached hydrogens (tertiary/aromatic N) is 1. The van der Waals surface area contributed by atoms with Gasteiger partial charge >= 0.3 is 5.97 Å². The van der Waals surface area contributed by atoms with E-state index in [1.54, 1.807) is 12.4 Å². The minimum atomic E-state index is -1.71. The first kappa shape index (κ1) is 10.1. The van der Waals surface area contributed by atoms with Gasteiger partial charge in [-0.3, -0.25) is 0 Å². The minimum absolute atomic E-state index is 0.0653. The van der Waals surface area contributed by atoms with Crippen molar-refractivity contribution in [3.63, 3.8) is 0 Å². The zero-order valence-electron chi connectivity index (χ0n) is 7.02. The van der Waals surface area contributed by atoms with Crippen LogP contribution in [0.25, 0.3) is 0 Å². The van der Waals surface area contributed by atoms with E-state index in [0.717, 1.165) is 11.8 Å². The molecule has 0 amide bonds. The van der Waals surface area contributed by atoms with Crippen molar-refractivity contribution in [2.75, 3.05) is 5.75 Å². The number of carboxylic acids is 1. The van der Waals surface area contributed by atoms with Crippen molar-refractivity contribution >= 4 is 17.7 Å². The number of aliphatic carboxylic acids is 1. The Morgan fingerprint density at radius 3 is 3.00 bits per heavy atom. The Bertz CT molecular complexity index is 284. The number of aliphatic hydroxyl groups is 1. The lowest BCUT2D eigenvalue weighted by atomic mass is 10.1. The van der Waals surface area contributed by atoms with Gasteiger partial charge in [-0.2, -0.15) is 0 Å². The zero-order chi connectivity index (χ0) is 9.90. The molecule has 0 radical (unpaired) electrons. The van der Waals surface area contributed by atoms with Gasteiger partial charge in [0.05, 0.1) is 0 Å². The van der Waals surface area contributed by atoms with Gasteiger partial charge in [-0.1, -0.05) is 11.8 Å². The average molecular weight is 202 g/mol. The number of carbonyl (C=O) groups is 1. The minimum Gasteiger partial charge on any atom is -0.479 e. The number of thioether (sulfide) groups is 1. The van der Waals surface area contributed by atoms with Crippen LogP contribution in [0.1, 0.15) is 6.92 Å². The summed E-state index contributed by atoms with van der Waals surface area (Å²) in [6, 6.07) is 0. The van der Waals surface area contributed by atoms with Crippen molar-refractivity contribution in [2.24, 2.45) is 0 Å². The van der Waals surface area contributed by atoms with Gasteiger partial charge < -0.3 is 15.2 Å². The molecule has 1 aromatic rings. The van der Waals surface area contributed by atoms with Crippen LogP contribution < -0.4 is 0 Å². The number of nitrogens with one attached hydrogen (secondary N) is 1. The summed E-state index contributed by atoms with van der Waals surface area (Å²) in [7, 11) is 0. The lowest BCUT2D eigenvalue weighted by molar-refractivity contribution is -0.154. The van der Waals surface area contributed by atoms with Gasteiger partial charge in [0, 0.05) is 18.1 Å². The molecule has 3 N–H and O–H groups in total. The van der Waals surface area contributed by atoms with Crippen molar-refractivity contribution in [1.29, 1.82) is 0 Å². The summed E-state index contributed by atoms with van der Waals surface area (Å²) in [6.45, 7) is 1.26. The SMILES string of the molecule is CC(O)(CSc1ncc[nH]1)C(=O)O. The zero-order valence-corrected chi connectivity index (χ0v) is 7.84. The summed E-state index contributed by atoms with van der Waals surface area (Å²) in [6.07, 6.45) is 3.20. The maximum Gasteiger partial charge on any atom is 0.336 e. The van der Waals surface area contributed by atoms with Crippen molar-refractivity contribution < 1.29 is 15.0 Å². The molecule has 1 rings (SSSR count). The summed E-state index contributed by atoms with van der Waals surface area (Å²) >= 11 is 1.16. The molecule has 0 aliphatic heterocycles. The van der Waals surface area contributed by atoms with Crippen LogP contribution in [-0.2, 0) is 4.79 Å². The quantitative estimate of drug-likeness (QED) is 0.613. The number of carboxylic acid groups (broad SMARTS) is 1. The Hall–Kier alpha value is -1.01. The molecule has 0 spiro atoms. The molecule has 0 aliphatic rings. The van der Waals surface area contributed by atoms with Crippen LogP contribution in [0.5, 0.6) is 0 Å². The number of aromatic amines is 1. The molecule has 1 heterocycles. The van der Waals surface area contributed by atoms with Crippen molar-refractivity contribution in [3.05, 3.63) is 12.4 Å². The van der Waals surface area contributed by atoms with E-state index in [1.165, 1.54) is 6.92 Å². The third-order valence-corrected chi connectivity index (χ3v) is 2.63. The van der Waals surface area contributed by atoms with Crippen LogP contribution in [0, 0.1) is 0 Å². The van der Waals surface area contributed by atoms with Gasteiger partial charge in [0.1, 0.15) is 0 Å². The first-order valence-electron chi connectivity index (χ1n) is 3.60. The monoisotopic (exact) mass is 202 g/mol. The van der Waals surface area contributed by atoms with Crippen LogP contribution >= 0.6 is 11.8 Å². The fraction of sp³-hybridized carbons (Fsp3) is 0.429. The second-order valence-electron chi connectivity index (χ2n) is 2.76. The molecule has 1 atom stereocenters. The highest BCUT2D eigenvalue weighted by molar-refractivity contribution is 7.99. The summed E-state index contributed by atoms with van der Waals surface area (Å²) < 4.78 is 0. The molecule has 0 saturated heterocycles. The van der Waals surface area contributed by atoms with Gasteiger partial charge in [0.2, 0.25) is 0 Å². The third-order valence-electron chi connectivity index (χ3n) is 1.42. The van der Waals surface area contributed by atoms with Gasteiger partial charge in [-0.05, 0) is 6.92 Å². The largest absolute Gasteiger partial charge is 0.479 e. The third kappa shape index (κ3) is 2.74. The van der Waals surface area contributed by atoms with E-state index >= 15 is 0 Å². The molecule has 5 nitrogen and oxygen atoms in total.